The second-order valence-corrected chi connectivity index (χ2v) is 8.15. The quantitative estimate of drug-likeness (QED) is 0.543. The molecular weight excluding hydrogens is 418 g/mol. The zero-order valence-corrected chi connectivity index (χ0v) is 19.1. The van der Waals surface area contributed by atoms with Gasteiger partial charge >= 0.3 is 5.97 Å². The van der Waals surface area contributed by atoms with E-state index in [0.717, 1.165) is 5.56 Å². The lowest BCUT2D eigenvalue weighted by Gasteiger charge is -2.38. The molecule has 1 unspecified atom stereocenters. The van der Waals surface area contributed by atoms with Gasteiger partial charge in [-0.25, -0.2) is 4.79 Å². The molecule has 1 aromatic carbocycles. The molecule has 8 heteroatoms. The Bertz CT molecular complexity index is 975. The van der Waals surface area contributed by atoms with Gasteiger partial charge in [0.2, 0.25) is 0 Å². The van der Waals surface area contributed by atoms with E-state index in [9.17, 15) is 14.4 Å². The molecule has 7 nitrogen and oxygen atoms in total. The molecule has 2 heterocycles. The highest BCUT2D eigenvalue weighted by molar-refractivity contribution is 6.30. The molecule has 0 radical (unpaired) electrons. The van der Waals surface area contributed by atoms with Crippen molar-refractivity contribution in [3.05, 3.63) is 57.4 Å². The van der Waals surface area contributed by atoms with Gasteiger partial charge in [0.25, 0.3) is 5.91 Å². The number of aromatic amines is 1. The Morgan fingerprint density at radius 3 is 2.23 bits per heavy atom. The molecule has 3 rings (SSSR count). The number of hydrogen-bond acceptors (Lipinski definition) is 5. The van der Waals surface area contributed by atoms with E-state index in [1.165, 1.54) is 6.92 Å². The number of rotatable bonds is 6. The van der Waals surface area contributed by atoms with E-state index in [-0.39, 0.29) is 17.7 Å². The topological polar surface area (TPSA) is 82.7 Å². The highest BCUT2D eigenvalue weighted by Crippen LogP contribution is 2.26. The average molecular weight is 446 g/mol. The summed E-state index contributed by atoms with van der Waals surface area (Å²) in [6.45, 7) is 9.16. The summed E-state index contributed by atoms with van der Waals surface area (Å²) in [5.74, 6) is -0.506. The van der Waals surface area contributed by atoms with Crippen molar-refractivity contribution in [1.29, 1.82) is 0 Å². The van der Waals surface area contributed by atoms with Gasteiger partial charge in [-0.05, 0) is 51.0 Å². The van der Waals surface area contributed by atoms with Gasteiger partial charge in [0, 0.05) is 42.5 Å². The van der Waals surface area contributed by atoms with Crippen LogP contribution in [-0.2, 0) is 9.53 Å². The fraction of sp³-hybridized carbons (Fsp3) is 0.435. The SMILES string of the molecule is CCOC(=O)C(c1ccc(Cl)cc1)N1CCN(C(=O)c2[nH]c(C)c(C(C)=O)c2C)CC1. The molecule has 1 aliphatic heterocycles. The number of esters is 1. The third-order valence-corrected chi connectivity index (χ3v) is 5.92. The molecule has 0 bridgehead atoms. The van der Waals surface area contributed by atoms with Crippen LogP contribution in [0.15, 0.2) is 24.3 Å². The van der Waals surface area contributed by atoms with Crippen molar-refractivity contribution in [2.24, 2.45) is 0 Å². The number of ether oxygens (including phenoxy) is 1. The first kappa shape index (κ1) is 23.0. The average Bonchev–Trinajstić information content (AvgIpc) is 3.04. The van der Waals surface area contributed by atoms with Crippen LogP contribution in [-0.4, -0.2) is 65.2 Å². The summed E-state index contributed by atoms with van der Waals surface area (Å²) in [5.41, 5.74) is 3.23. The highest BCUT2D eigenvalue weighted by Gasteiger charge is 2.33. The lowest BCUT2D eigenvalue weighted by molar-refractivity contribution is -0.150. The molecule has 1 N–H and O–H groups in total. The number of halogens is 1. The number of carbonyl (C=O) groups is 3. The maximum absolute atomic E-state index is 13.1. The van der Waals surface area contributed by atoms with Gasteiger partial charge in [0.15, 0.2) is 5.78 Å². The van der Waals surface area contributed by atoms with Crippen molar-refractivity contribution in [3.8, 4) is 0 Å². The summed E-state index contributed by atoms with van der Waals surface area (Å²) in [5, 5.41) is 0.600. The zero-order chi connectivity index (χ0) is 22.7. The van der Waals surface area contributed by atoms with E-state index in [0.29, 0.717) is 60.3 Å². The van der Waals surface area contributed by atoms with Crippen LogP contribution in [0, 0.1) is 13.8 Å². The molecule has 31 heavy (non-hydrogen) atoms. The summed E-state index contributed by atoms with van der Waals surface area (Å²) in [4.78, 5) is 44.5. The van der Waals surface area contributed by atoms with E-state index < -0.39 is 6.04 Å². The Morgan fingerprint density at radius 1 is 1.10 bits per heavy atom. The predicted octanol–water partition coefficient (Wildman–Crippen LogP) is 3.55. The van der Waals surface area contributed by atoms with Crippen LogP contribution in [0.5, 0.6) is 0 Å². The number of nitrogens with one attached hydrogen (secondary N) is 1. The Kier molecular flexibility index (Phi) is 7.18. The number of aryl methyl sites for hydroxylation is 1. The molecular formula is C23H28ClN3O4. The summed E-state index contributed by atoms with van der Waals surface area (Å²) in [7, 11) is 0. The number of carbonyl (C=O) groups excluding carboxylic acids is 3. The number of hydrogen-bond donors (Lipinski definition) is 1. The molecule has 1 aromatic heterocycles. The zero-order valence-electron chi connectivity index (χ0n) is 18.3. The number of aromatic nitrogens is 1. The van der Waals surface area contributed by atoms with Crippen molar-refractivity contribution in [3.63, 3.8) is 0 Å². The number of H-pyrrole nitrogens is 1. The fourth-order valence-electron chi connectivity index (χ4n) is 4.20. The summed E-state index contributed by atoms with van der Waals surface area (Å²) >= 11 is 6.00. The lowest BCUT2D eigenvalue weighted by atomic mass is 10.0. The Balaban J connectivity index is 1.75. The minimum absolute atomic E-state index is 0.0598. The Labute approximate surface area is 187 Å². The molecule has 1 fully saturated rings. The van der Waals surface area contributed by atoms with E-state index >= 15 is 0 Å². The van der Waals surface area contributed by atoms with Crippen molar-refractivity contribution in [2.45, 2.75) is 33.7 Å². The van der Waals surface area contributed by atoms with Crippen molar-refractivity contribution in [2.75, 3.05) is 32.8 Å². The summed E-state index contributed by atoms with van der Waals surface area (Å²) < 4.78 is 5.31. The maximum Gasteiger partial charge on any atom is 0.328 e. The number of amides is 1. The minimum Gasteiger partial charge on any atom is -0.465 e. The van der Waals surface area contributed by atoms with Crippen molar-refractivity contribution in [1.82, 2.24) is 14.8 Å². The van der Waals surface area contributed by atoms with Crippen LogP contribution in [0.1, 0.15) is 57.6 Å². The van der Waals surface area contributed by atoms with Crippen LogP contribution >= 0.6 is 11.6 Å². The van der Waals surface area contributed by atoms with Gasteiger partial charge in [-0.15, -0.1) is 0 Å². The second kappa shape index (κ2) is 9.66. The van der Waals surface area contributed by atoms with E-state index in [2.05, 4.69) is 4.98 Å². The van der Waals surface area contributed by atoms with Crippen molar-refractivity contribution < 1.29 is 19.1 Å². The van der Waals surface area contributed by atoms with E-state index in [1.54, 1.807) is 37.8 Å². The molecule has 1 aliphatic rings. The fourth-order valence-corrected chi connectivity index (χ4v) is 4.32. The van der Waals surface area contributed by atoms with Crippen LogP contribution < -0.4 is 0 Å². The normalized spacial score (nSPS) is 15.6. The molecule has 0 spiro atoms. The van der Waals surface area contributed by atoms with Crippen LogP contribution in [0.25, 0.3) is 0 Å². The molecule has 1 atom stereocenters. The summed E-state index contributed by atoms with van der Waals surface area (Å²) in [6, 6.07) is 6.62. The molecule has 2 aromatic rings. The smallest absolute Gasteiger partial charge is 0.328 e. The molecule has 0 aliphatic carbocycles. The third kappa shape index (κ3) is 4.83. The minimum atomic E-state index is -0.548. The second-order valence-electron chi connectivity index (χ2n) is 7.72. The van der Waals surface area contributed by atoms with Gasteiger partial charge in [-0.3, -0.25) is 14.5 Å². The predicted molar refractivity (Wildman–Crippen MR) is 119 cm³/mol. The third-order valence-electron chi connectivity index (χ3n) is 5.67. The van der Waals surface area contributed by atoms with E-state index in [4.69, 9.17) is 16.3 Å². The van der Waals surface area contributed by atoms with Gasteiger partial charge in [0.1, 0.15) is 11.7 Å². The Hall–Kier alpha value is -2.64. The largest absolute Gasteiger partial charge is 0.465 e. The number of Topliss-reactive ketones (excluding diaryl/α,β-unsaturated/α-hetero) is 1. The molecule has 166 valence electrons. The monoisotopic (exact) mass is 445 g/mol. The first-order chi connectivity index (χ1) is 14.7. The first-order valence-electron chi connectivity index (χ1n) is 10.4. The Morgan fingerprint density at radius 2 is 1.71 bits per heavy atom. The molecule has 1 saturated heterocycles. The van der Waals surface area contributed by atoms with Crippen LogP contribution in [0.2, 0.25) is 5.02 Å². The molecule has 1 amide bonds. The number of piperazine rings is 1. The van der Waals surface area contributed by atoms with Crippen LogP contribution in [0.3, 0.4) is 0 Å². The molecule has 0 saturated carbocycles. The standard InChI is InChI=1S/C23H28ClN3O4/c1-5-31-23(30)21(17-6-8-18(24)9-7-17)26-10-12-27(13-11-26)22(29)20-14(2)19(16(4)28)15(3)25-20/h6-9,21,25H,5,10-13H2,1-4H3. The lowest BCUT2D eigenvalue weighted by Crippen LogP contribution is -2.51. The van der Waals surface area contributed by atoms with Crippen molar-refractivity contribution >= 4 is 29.3 Å². The van der Waals surface area contributed by atoms with E-state index in [1.807, 2.05) is 17.0 Å². The number of nitrogens with zero attached hydrogens (tertiary/aromatic N) is 2. The maximum atomic E-state index is 13.1. The van der Waals surface area contributed by atoms with Gasteiger partial charge in [0.05, 0.1) is 6.61 Å². The highest BCUT2D eigenvalue weighted by atomic mass is 35.5. The van der Waals surface area contributed by atoms with Gasteiger partial charge in [-0.2, -0.15) is 0 Å². The summed E-state index contributed by atoms with van der Waals surface area (Å²) in [6.07, 6.45) is 0. The van der Waals surface area contributed by atoms with Gasteiger partial charge in [-0.1, -0.05) is 23.7 Å². The van der Waals surface area contributed by atoms with Crippen LogP contribution in [0.4, 0.5) is 0 Å². The number of ketones is 1. The first-order valence-corrected chi connectivity index (χ1v) is 10.8. The number of benzene rings is 1. The van der Waals surface area contributed by atoms with Gasteiger partial charge < -0.3 is 14.6 Å².